The molecule has 2 aliphatic carbocycles. The van der Waals surface area contributed by atoms with Crippen LogP contribution in [0.2, 0.25) is 0 Å². The van der Waals surface area contributed by atoms with Crippen LogP contribution >= 0.6 is 15.9 Å². The number of amides is 1. The number of benzene rings is 1. The molecule has 0 spiro atoms. The summed E-state index contributed by atoms with van der Waals surface area (Å²) in [5, 5.41) is 12.7. The van der Waals surface area contributed by atoms with Gasteiger partial charge in [-0.1, -0.05) is 28.4 Å². The predicted molar refractivity (Wildman–Crippen MR) is 107 cm³/mol. The number of carboxylic acid groups (broad SMARTS) is 1. The van der Waals surface area contributed by atoms with Crippen molar-refractivity contribution in [1.82, 2.24) is 5.32 Å². The largest absolute Gasteiger partial charge is 0.481 e. The first kappa shape index (κ1) is 20.8. The van der Waals surface area contributed by atoms with Gasteiger partial charge in [0.15, 0.2) is 5.78 Å². The Hall–Kier alpha value is -1.89. The Balaban J connectivity index is 1.98. The normalized spacial score (nSPS) is 27.2. The minimum Gasteiger partial charge on any atom is -0.481 e. The zero-order valence-electron chi connectivity index (χ0n) is 16.4. The molecule has 1 saturated carbocycles. The summed E-state index contributed by atoms with van der Waals surface area (Å²) in [6.45, 7) is 5.26. The molecule has 1 aromatic carbocycles. The Morgan fingerprint density at radius 3 is 2.64 bits per heavy atom. The number of rotatable bonds is 3. The van der Waals surface area contributed by atoms with Gasteiger partial charge < -0.3 is 15.2 Å². The number of nitrogens with one attached hydrogen (secondary N) is 1. The van der Waals surface area contributed by atoms with Crippen molar-refractivity contribution in [3.05, 3.63) is 33.8 Å². The van der Waals surface area contributed by atoms with Crippen molar-refractivity contribution >= 4 is 33.8 Å². The molecule has 6 nitrogen and oxygen atoms in total. The first-order valence-corrected chi connectivity index (χ1v) is 10.4. The van der Waals surface area contributed by atoms with Gasteiger partial charge in [-0.05, 0) is 64.2 Å². The quantitative estimate of drug-likeness (QED) is 0.712. The van der Waals surface area contributed by atoms with E-state index >= 15 is 0 Å². The number of fused-ring (bicyclic) bond motifs is 1. The second-order valence-corrected chi connectivity index (χ2v) is 9.62. The monoisotopic (exact) mass is 451 g/mol. The molecule has 7 heteroatoms. The molecule has 1 aromatic rings. The third-order valence-corrected chi connectivity index (χ3v) is 6.20. The maximum absolute atomic E-state index is 13.4. The number of ether oxygens (including phenoxy) is 1. The lowest BCUT2D eigenvalue weighted by Crippen LogP contribution is -2.61. The zero-order valence-corrected chi connectivity index (χ0v) is 18.0. The topological polar surface area (TPSA) is 92.7 Å². The van der Waals surface area contributed by atoms with Crippen LogP contribution in [0.3, 0.4) is 0 Å². The smallest absolute Gasteiger partial charge is 0.408 e. The fourth-order valence-corrected chi connectivity index (χ4v) is 5.05. The summed E-state index contributed by atoms with van der Waals surface area (Å²) in [6.07, 6.45) is 2.02. The predicted octanol–water partition coefficient (Wildman–Crippen LogP) is 4.34. The van der Waals surface area contributed by atoms with Crippen molar-refractivity contribution in [1.29, 1.82) is 0 Å². The van der Waals surface area contributed by atoms with Crippen molar-refractivity contribution in [2.45, 2.75) is 64.0 Å². The number of Topliss-reactive ketones (excluding diaryl/α,β-unsaturated/α-hetero) is 1. The van der Waals surface area contributed by atoms with Crippen LogP contribution < -0.4 is 5.32 Å². The Morgan fingerprint density at radius 2 is 2.00 bits per heavy atom. The van der Waals surface area contributed by atoms with Crippen LogP contribution in [0.4, 0.5) is 4.79 Å². The van der Waals surface area contributed by atoms with Gasteiger partial charge in [-0.3, -0.25) is 9.59 Å². The molecule has 1 fully saturated rings. The number of hydrogen-bond donors (Lipinski definition) is 2. The maximum Gasteiger partial charge on any atom is 0.408 e. The van der Waals surface area contributed by atoms with E-state index in [-0.39, 0.29) is 5.78 Å². The number of aryl methyl sites for hydroxylation is 1. The number of hydrogen-bond acceptors (Lipinski definition) is 4. The Bertz CT molecular complexity index is 816. The van der Waals surface area contributed by atoms with Gasteiger partial charge in [0.25, 0.3) is 0 Å². The van der Waals surface area contributed by atoms with Crippen molar-refractivity contribution in [2.75, 3.05) is 0 Å². The summed E-state index contributed by atoms with van der Waals surface area (Å²) in [5.74, 6) is -2.48. The lowest BCUT2D eigenvalue weighted by Gasteiger charge is -2.42. The first-order valence-electron chi connectivity index (χ1n) is 9.60. The van der Waals surface area contributed by atoms with Crippen LogP contribution in [0.25, 0.3) is 0 Å². The third kappa shape index (κ3) is 3.95. The summed E-state index contributed by atoms with van der Waals surface area (Å²) in [7, 11) is 0. The summed E-state index contributed by atoms with van der Waals surface area (Å²) >= 11 is 3.43. The van der Waals surface area contributed by atoms with Gasteiger partial charge >= 0.3 is 12.1 Å². The van der Waals surface area contributed by atoms with Gasteiger partial charge in [-0.2, -0.15) is 0 Å². The average Bonchev–Trinajstić information content (AvgIpc) is 2.97. The SMILES string of the molecule is CC(C)(C)OC(=O)N[C@]1(C2CCc3cc(Br)ccc3C2=O)CCC[C@@H]1C(=O)O. The number of alkyl carbamates (subject to hydrolysis) is 1. The van der Waals surface area contributed by atoms with Gasteiger partial charge in [-0.25, -0.2) is 4.79 Å². The zero-order chi connectivity index (χ0) is 20.7. The van der Waals surface area contributed by atoms with E-state index in [0.29, 0.717) is 37.7 Å². The average molecular weight is 452 g/mol. The number of carbonyl (C=O) groups excluding carboxylic acids is 2. The van der Waals surface area contributed by atoms with E-state index in [0.717, 1.165) is 10.0 Å². The van der Waals surface area contributed by atoms with Crippen molar-refractivity contribution in [2.24, 2.45) is 11.8 Å². The molecule has 0 heterocycles. The molecule has 3 rings (SSSR count). The molecule has 0 saturated heterocycles. The molecular formula is C21H26BrNO5. The van der Waals surface area contributed by atoms with E-state index in [1.807, 2.05) is 12.1 Å². The van der Waals surface area contributed by atoms with Crippen molar-refractivity contribution in [3.8, 4) is 0 Å². The molecule has 1 amide bonds. The summed E-state index contributed by atoms with van der Waals surface area (Å²) in [6, 6.07) is 5.52. The Labute approximate surface area is 173 Å². The summed E-state index contributed by atoms with van der Waals surface area (Å²) in [4.78, 5) is 38.0. The third-order valence-electron chi connectivity index (χ3n) is 5.71. The van der Waals surface area contributed by atoms with Gasteiger partial charge in [0.05, 0.1) is 11.5 Å². The van der Waals surface area contributed by atoms with Crippen LogP contribution in [-0.2, 0) is 16.0 Å². The highest BCUT2D eigenvalue weighted by Crippen LogP contribution is 2.46. The van der Waals surface area contributed by atoms with Crippen LogP contribution in [0.15, 0.2) is 22.7 Å². The molecule has 2 aliphatic rings. The van der Waals surface area contributed by atoms with E-state index in [4.69, 9.17) is 4.74 Å². The molecule has 3 atom stereocenters. The highest BCUT2D eigenvalue weighted by Gasteiger charge is 2.56. The molecule has 1 unspecified atom stereocenters. The second-order valence-electron chi connectivity index (χ2n) is 8.71. The minimum atomic E-state index is -1.13. The molecule has 0 radical (unpaired) electrons. The highest BCUT2D eigenvalue weighted by molar-refractivity contribution is 9.10. The van der Waals surface area contributed by atoms with Gasteiger partial charge in [-0.15, -0.1) is 0 Å². The van der Waals surface area contributed by atoms with E-state index in [9.17, 15) is 19.5 Å². The highest BCUT2D eigenvalue weighted by atomic mass is 79.9. The van der Waals surface area contributed by atoms with Crippen LogP contribution in [0.5, 0.6) is 0 Å². The molecule has 0 aliphatic heterocycles. The fraction of sp³-hybridized carbons (Fsp3) is 0.571. The number of halogens is 1. The van der Waals surface area contributed by atoms with E-state index < -0.39 is 35.0 Å². The Morgan fingerprint density at radius 1 is 1.29 bits per heavy atom. The number of aliphatic carboxylic acids is 1. The lowest BCUT2D eigenvalue weighted by atomic mass is 9.67. The maximum atomic E-state index is 13.4. The lowest BCUT2D eigenvalue weighted by molar-refractivity contribution is -0.144. The minimum absolute atomic E-state index is 0.0991. The summed E-state index contributed by atoms with van der Waals surface area (Å²) < 4.78 is 6.31. The summed E-state index contributed by atoms with van der Waals surface area (Å²) in [5.41, 5.74) is -0.276. The molecule has 0 aromatic heterocycles. The first-order chi connectivity index (χ1) is 13.0. The number of carbonyl (C=O) groups is 3. The van der Waals surface area contributed by atoms with E-state index in [2.05, 4.69) is 21.2 Å². The molecular weight excluding hydrogens is 426 g/mol. The van der Waals surface area contributed by atoms with Crippen LogP contribution in [-0.4, -0.2) is 34.1 Å². The van der Waals surface area contributed by atoms with Crippen molar-refractivity contribution < 1.29 is 24.2 Å². The van der Waals surface area contributed by atoms with Crippen LogP contribution in [0, 0.1) is 11.8 Å². The molecule has 28 heavy (non-hydrogen) atoms. The molecule has 2 N–H and O–H groups in total. The number of ketones is 1. The number of carboxylic acids is 1. The van der Waals surface area contributed by atoms with E-state index in [1.165, 1.54) is 0 Å². The second kappa shape index (κ2) is 7.50. The molecule has 152 valence electrons. The van der Waals surface area contributed by atoms with E-state index in [1.54, 1.807) is 26.8 Å². The van der Waals surface area contributed by atoms with Crippen molar-refractivity contribution in [3.63, 3.8) is 0 Å². The molecule has 0 bridgehead atoms. The van der Waals surface area contributed by atoms with Gasteiger partial charge in [0, 0.05) is 16.0 Å². The Kier molecular flexibility index (Phi) is 5.58. The fourth-order valence-electron chi connectivity index (χ4n) is 4.64. The van der Waals surface area contributed by atoms with Gasteiger partial charge in [0.2, 0.25) is 0 Å². The van der Waals surface area contributed by atoms with Crippen LogP contribution in [0.1, 0.15) is 62.4 Å². The standard InChI is InChI=1S/C21H26BrNO5/c1-20(2,3)28-19(27)23-21(10-4-5-16(21)18(25)26)15-9-6-12-11-13(22)7-8-14(12)17(15)24/h7-8,11,15-16H,4-6,9-10H2,1-3H3,(H,23,27)(H,25,26)/t15?,16-,21+/m1/s1. The van der Waals surface area contributed by atoms with Gasteiger partial charge in [0.1, 0.15) is 5.60 Å².